The van der Waals surface area contributed by atoms with Crippen LogP contribution in [0.2, 0.25) is 0 Å². The first-order chi connectivity index (χ1) is 14.7. The molecule has 3 rings (SSSR count). The van der Waals surface area contributed by atoms with Crippen molar-refractivity contribution in [2.75, 3.05) is 45.7 Å². The Labute approximate surface area is 179 Å². The molecular weight excluding hydrogens is 378 g/mol. The van der Waals surface area contributed by atoms with E-state index in [0.717, 1.165) is 54.5 Å². The number of nitrogens with zero attached hydrogens (tertiary/aromatic N) is 1. The number of ether oxygens (including phenoxy) is 2. The van der Waals surface area contributed by atoms with Gasteiger partial charge in [-0.25, -0.2) is 0 Å². The van der Waals surface area contributed by atoms with Gasteiger partial charge in [-0.2, -0.15) is 0 Å². The molecule has 1 fully saturated rings. The van der Waals surface area contributed by atoms with E-state index in [1.807, 2.05) is 42.5 Å². The van der Waals surface area contributed by atoms with Crippen molar-refractivity contribution >= 4 is 11.6 Å². The van der Waals surface area contributed by atoms with Crippen LogP contribution >= 0.6 is 0 Å². The molecular formula is C24H33N3O3. The first kappa shape index (κ1) is 22.0. The molecule has 0 unspecified atom stereocenters. The first-order valence-electron chi connectivity index (χ1n) is 10.7. The van der Waals surface area contributed by atoms with E-state index >= 15 is 0 Å². The lowest BCUT2D eigenvalue weighted by Crippen LogP contribution is -2.38. The maximum Gasteiger partial charge on any atom is 0.224 e. The number of nitrogens with one attached hydrogen (secondary N) is 2. The summed E-state index contributed by atoms with van der Waals surface area (Å²) < 4.78 is 10.7. The number of anilines is 1. The Balaban J connectivity index is 1.42. The van der Waals surface area contributed by atoms with Crippen molar-refractivity contribution < 1.29 is 14.3 Å². The predicted octanol–water partition coefficient (Wildman–Crippen LogP) is 3.46. The molecule has 0 aromatic heterocycles. The Morgan fingerprint density at radius 1 is 1.00 bits per heavy atom. The van der Waals surface area contributed by atoms with Crippen LogP contribution in [0.25, 0.3) is 0 Å². The SMILES string of the molecule is COc1ccc(CNc2ccc(CC(=O)NCCN3CCCCC3)cc2)c(OC)c1. The van der Waals surface area contributed by atoms with Crippen LogP contribution in [-0.4, -0.2) is 51.2 Å². The molecule has 0 spiro atoms. The molecule has 0 atom stereocenters. The first-order valence-corrected chi connectivity index (χ1v) is 10.7. The zero-order chi connectivity index (χ0) is 21.2. The molecule has 0 saturated carbocycles. The Morgan fingerprint density at radius 2 is 1.77 bits per heavy atom. The molecule has 0 aliphatic carbocycles. The van der Waals surface area contributed by atoms with Crippen LogP contribution in [0.4, 0.5) is 5.69 Å². The maximum atomic E-state index is 12.2. The van der Waals surface area contributed by atoms with E-state index in [0.29, 0.717) is 13.0 Å². The van der Waals surface area contributed by atoms with Crippen LogP contribution in [0.3, 0.4) is 0 Å². The van der Waals surface area contributed by atoms with Crippen molar-refractivity contribution in [1.82, 2.24) is 10.2 Å². The molecule has 1 amide bonds. The summed E-state index contributed by atoms with van der Waals surface area (Å²) >= 11 is 0. The number of piperidine rings is 1. The van der Waals surface area contributed by atoms with Gasteiger partial charge in [-0.1, -0.05) is 18.6 Å². The second-order valence-electron chi connectivity index (χ2n) is 7.66. The van der Waals surface area contributed by atoms with Crippen LogP contribution in [-0.2, 0) is 17.8 Å². The lowest BCUT2D eigenvalue weighted by atomic mass is 10.1. The van der Waals surface area contributed by atoms with Gasteiger partial charge in [0.25, 0.3) is 0 Å². The molecule has 2 aromatic rings. The molecule has 6 nitrogen and oxygen atoms in total. The van der Waals surface area contributed by atoms with Crippen LogP contribution in [0.5, 0.6) is 11.5 Å². The van der Waals surface area contributed by atoms with E-state index in [-0.39, 0.29) is 5.91 Å². The van der Waals surface area contributed by atoms with Gasteiger partial charge in [0.15, 0.2) is 0 Å². The van der Waals surface area contributed by atoms with Crippen molar-refractivity contribution in [3.8, 4) is 11.5 Å². The summed E-state index contributed by atoms with van der Waals surface area (Å²) in [5.74, 6) is 1.64. The van der Waals surface area contributed by atoms with Crippen LogP contribution in [0, 0.1) is 0 Å². The highest BCUT2D eigenvalue weighted by Gasteiger charge is 2.10. The van der Waals surface area contributed by atoms with Gasteiger partial charge in [0.05, 0.1) is 20.6 Å². The summed E-state index contributed by atoms with van der Waals surface area (Å²) in [4.78, 5) is 14.6. The van der Waals surface area contributed by atoms with E-state index in [2.05, 4.69) is 15.5 Å². The minimum atomic E-state index is 0.0793. The molecule has 162 valence electrons. The van der Waals surface area contributed by atoms with Gasteiger partial charge in [0.1, 0.15) is 11.5 Å². The molecule has 6 heteroatoms. The average molecular weight is 412 g/mol. The van der Waals surface area contributed by atoms with Crippen molar-refractivity contribution in [2.24, 2.45) is 0 Å². The van der Waals surface area contributed by atoms with E-state index in [1.54, 1.807) is 14.2 Å². The van der Waals surface area contributed by atoms with Crippen molar-refractivity contribution in [3.63, 3.8) is 0 Å². The lowest BCUT2D eigenvalue weighted by Gasteiger charge is -2.26. The van der Waals surface area contributed by atoms with E-state index in [9.17, 15) is 4.79 Å². The van der Waals surface area contributed by atoms with Gasteiger partial charge in [-0.3, -0.25) is 4.79 Å². The fourth-order valence-electron chi connectivity index (χ4n) is 3.72. The molecule has 2 N–H and O–H groups in total. The van der Waals surface area contributed by atoms with E-state index in [4.69, 9.17) is 9.47 Å². The standard InChI is InChI=1S/C24H33N3O3/c1-29-22-11-8-20(23(17-22)30-2)18-26-21-9-6-19(7-10-21)16-24(28)25-12-15-27-13-4-3-5-14-27/h6-11,17,26H,3-5,12-16,18H2,1-2H3,(H,25,28). The molecule has 1 aliphatic rings. The van der Waals surface area contributed by atoms with Crippen molar-refractivity contribution in [3.05, 3.63) is 53.6 Å². The number of carbonyl (C=O) groups is 1. The second-order valence-corrected chi connectivity index (χ2v) is 7.66. The Bertz CT molecular complexity index is 802. The molecule has 0 bridgehead atoms. The maximum absolute atomic E-state index is 12.2. The third-order valence-electron chi connectivity index (χ3n) is 5.49. The highest BCUT2D eigenvalue weighted by molar-refractivity contribution is 5.78. The molecule has 1 heterocycles. The molecule has 2 aromatic carbocycles. The molecule has 0 radical (unpaired) electrons. The highest BCUT2D eigenvalue weighted by Crippen LogP contribution is 2.25. The lowest BCUT2D eigenvalue weighted by molar-refractivity contribution is -0.120. The minimum absolute atomic E-state index is 0.0793. The largest absolute Gasteiger partial charge is 0.497 e. The van der Waals surface area contributed by atoms with E-state index < -0.39 is 0 Å². The number of rotatable bonds is 10. The Hall–Kier alpha value is -2.73. The molecule has 1 aliphatic heterocycles. The number of methoxy groups -OCH3 is 2. The number of likely N-dealkylation sites (tertiary alicyclic amines) is 1. The van der Waals surface area contributed by atoms with Crippen molar-refractivity contribution in [1.29, 1.82) is 0 Å². The third kappa shape index (κ3) is 6.66. The fourth-order valence-corrected chi connectivity index (χ4v) is 3.72. The van der Waals surface area contributed by atoms with Gasteiger partial charge in [0, 0.05) is 37.0 Å². The second kappa shape index (κ2) is 11.5. The Kier molecular flexibility index (Phi) is 8.39. The number of benzene rings is 2. The number of hydrogen-bond acceptors (Lipinski definition) is 5. The van der Waals surface area contributed by atoms with Crippen LogP contribution in [0.1, 0.15) is 30.4 Å². The summed E-state index contributed by atoms with van der Waals surface area (Å²) in [6.45, 7) is 4.63. The van der Waals surface area contributed by atoms with Gasteiger partial charge in [-0.05, 0) is 55.8 Å². The predicted molar refractivity (Wildman–Crippen MR) is 120 cm³/mol. The van der Waals surface area contributed by atoms with Gasteiger partial charge in [-0.15, -0.1) is 0 Å². The van der Waals surface area contributed by atoms with Gasteiger partial charge in [0.2, 0.25) is 5.91 Å². The van der Waals surface area contributed by atoms with E-state index in [1.165, 1.54) is 19.3 Å². The van der Waals surface area contributed by atoms with Crippen molar-refractivity contribution in [2.45, 2.75) is 32.2 Å². The van der Waals surface area contributed by atoms with Gasteiger partial charge < -0.3 is 25.0 Å². The number of hydrogen-bond donors (Lipinski definition) is 2. The summed E-state index contributed by atoms with van der Waals surface area (Å²) in [6, 6.07) is 13.8. The monoisotopic (exact) mass is 411 g/mol. The zero-order valence-electron chi connectivity index (χ0n) is 18.1. The Morgan fingerprint density at radius 3 is 2.47 bits per heavy atom. The normalized spacial score (nSPS) is 14.2. The van der Waals surface area contributed by atoms with Crippen LogP contribution in [0.15, 0.2) is 42.5 Å². The summed E-state index contributed by atoms with van der Waals surface area (Å²) in [7, 11) is 3.30. The smallest absolute Gasteiger partial charge is 0.224 e. The topological polar surface area (TPSA) is 62.8 Å². The highest BCUT2D eigenvalue weighted by atomic mass is 16.5. The zero-order valence-corrected chi connectivity index (χ0v) is 18.1. The number of carbonyl (C=O) groups excluding carboxylic acids is 1. The van der Waals surface area contributed by atoms with Gasteiger partial charge >= 0.3 is 0 Å². The third-order valence-corrected chi connectivity index (χ3v) is 5.49. The average Bonchev–Trinajstić information content (AvgIpc) is 2.79. The van der Waals surface area contributed by atoms with Crippen LogP contribution < -0.4 is 20.1 Å². The fraction of sp³-hybridized carbons (Fsp3) is 0.458. The summed E-state index contributed by atoms with van der Waals surface area (Å²) in [6.07, 6.45) is 4.30. The quantitative estimate of drug-likeness (QED) is 0.627. The molecule has 30 heavy (non-hydrogen) atoms. The number of amides is 1. The summed E-state index contributed by atoms with van der Waals surface area (Å²) in [5.41, 5.74) is 3.07. The summed E-state index contributed by atoms with van der Waals surface area (Å²) in [5, 5.41) is 6.44. The molecule has 1 saturated heterocycles. The minimum Gasteiger partial charge on any atom is -0.497 e.